The number of phenolic OH excluding ortho intramolecular Hbond substituents is 2. The molecule has 0 aliphatic heterocycles. The molecule has 0 unspecified atom stereocenters. The van der Waals surface area contributed by atoms with Crippen molar-refractivity contribution >= 4 is 23.7 Å². The van der Waals surface area contributed by atoms with Crippen molar-refractivity contribution in [2.75, 3.05) is 5.32 Å². The number of hydrazone groups is 1. The summed E-state index contributed by atoms with van der Waals surface area (Å²) in [7, 11) is 0. The van der Waals surface area contributed by atoms with Crippen LogP contribution in [0.2, 0.25) is 0 Å². The Kier molecular flexibility index (Phi) is 6.73. The molecule has 136 valence electrons. The fourth-order valence-corrected chi connectivity index (χ4v) is 2.13. The van der Waals surface area contributed by atoms with Crippen molar-refractivity contribution in [3.63, 3.8) is 0 Å². The molecule has 2 rings (SSSR count). The molecule has 2 aromatic rings. The van der Waals surface area contributed by atoms with E-state index in [0.29, 0.717) is 23.2 Å². The van der Waals surface area contributed by atoms with Crippen LogP contribution < -0.4 is 10.7 Å². The molecule has 0 saturated heterocycles. The lowest BCUT2D eigenvalue weighted by Gasteiger charge is -2.06. The second kappa shape index (κ2) is 9.22. The Morgan fingerprint density at radius 2 is 1.85 bits per heavy atom. The second-order valence-corrected chi connectivity index (χ2v) is 5.67. The molecule has 26 heavy (non-hydrogen) atoms. The standard InChI is InChI=1S/C19H21N3O4/c1-2-3-4-18(25)21-15-8-5-13(6-9-15)19(26)22-20-12-14-7-10-16(23)11-17(14)24/h5-12,23-24H,2-4H2,1H3,(H,21,25)(H,22,26)/b20-12+. The van der Waals surface area contributed by atoms with Gasteiger partial charge >= 0.3 is 0 Å². The minimum absolute atomic E-state index is 0.0534. The van der Waals surface area contributed by atoms with E-state index in [1.54, 1.807) is 24.3 Å². The Morgan fingerprint density at radius 3 is 2.50 bits per heavy atom. The van der Waals surface area contributed by atoms with E-state index >= 15 is 0 Å². The molecule has 2 aromatic carbocycles. The van der Waals surface area contributed by atoms with Gasteiger partial charge in [-0.15, -0.1) is 0 Å². The van der Waals surface area contributed by atoms with E-state index in [2.05, 4.69) is 15.8 Å². The second-order valence-electron chi connectivity index (χ2n) is 5.67. The van der Waals surface area contributed by atoms with Gasteiger partial charge < -0.3 is 15.5 Å². The quantitative estimate of drug-likeness (QED) is 0.452. The number of aromatic hydroxyl groups is 2. The fraction of sp³-hybridized carbons (Fsp3) is 0.211. The van der Waals surface area contributed by atoms with Gasteiger partial charge in [-0.05, 0) is 42.8 Å². The number of carbonyl (C=O) groups excluding carboxylic acids is 2. The first-order chi connectivity index (χ1) is 12.5. The average Bonchev–Trinajstić information content (AvgIpc) is 2.62. The van der Waals surface area contributed by atoms with Crippen molar-refractivity contribution in [1.29, 1.82) is 0 Å². The number of benzene rings is 2. The molecule has 0 radical (unpaired) electrons. The van der Waals surface area contributed by atoms with Crippen molar-refractivity contribution in [2.24, 2.45) is 5.10 Å². The third-order valence-electron chi connectivity index (χ3n) is 3.57. The predicted molar refractivity (Wildman–Crippen MR) is 99.4 cm³/mol. The zero-order valence-electron chi connectivity index (χ0n) is 14.4. The Labute approximate surface area is 151 Å². The Bertz CT molecular complexity index is 801. The monoisotopic (exact) mass is 355 g/mol. The van der Waals surface area contributed by atoms with Crippen LogP contribution in [-0.2, 0) is 4.79 Å². The first kappa shape index (κ1) is 19.0. The third-order valence-corrected chi connectivity index (χ3v) is 3.57. The number of anilines is 1. The predicted octanol–water partition coefficient (Wildman–Crippen LogP) is 2.99. The molecular weight excluding hydrogens is 334 g/mol. The maximum Gasteiger partial charge on any atom is 0.271 e. The summed E-state index contributed by atoms with van der Waals surface area (Å²) >= 11 is 0. The number of rotatable bonds is 7. The lowest BCUT2D eigenvalue weighted by atomic mass is 10.2. The van der Waals surface area contributed by atoms with Crippen LogP contribution in [0.1, 0.15) is 42.1 Å². The highest BCUT2D eigenvalue weighted by Gasteiger charge is 2.06. The molecule has 0 aliphatic carbocycles. The Morgan fingerprint density at radius 1 is 1.12 bits per heavy atom. The molecule has 4 N–H and O–H groups in total. The number of phenols is 2. The molecule has 0 fully saturated rings. The molecule has 0 saturated carbocycles. The summed E-state index contributed by atoms with van der Waals surface area (Å²) in [6.07, 6.45) is 3.53. The molecule has 7 heteroatoms. The van der Waals surface area contributed by atoms with Gasteiger partial charge in [0.25, 0.3) is 5.91 Å². The molecule has 0 aromatic heterocycles. The van der Waals surface area contributed by atoms with Crippen molar-refractivity contribution in [3.8, 4) is 11.5 Å². The SMILES string of the molecule is CCCCC(=O)Nc1ccc(C(=O)N/N=C/c2ccc(O)cc2O)cc1. The lowest BCUT2D eigenvalue weighted by molar-refractivity contribution is -0.116. The van der Waals surface area contributed by atoms with Gasteiger partial charge in [0.05, 0.1) is 6.21 Å². The Balaban J connectivity index is 1.91. The summed E-state index contributed by atoms with van der Waals surface area (Å²) in [5.41, 5.74) is 3.71. The normalized spacial score (nSPS) is 10.7. The first-order valence-corrected chi connectivity index (χ1v) is 8.25. The summed E-state index contributed by atoms with van der Waals surface area (Å²) in [5, 5.41) is 25.4. The van der Waals surface area contributed by atoms with Gasteiger partial charge in [0.1, 0.15) is 11.5 Å². The molecule has 2 amide bonds. The van der Waals surface area contributed by atoms with Crippen LogP contribution in [0.4, 0.5) is 5.69 Å². The molecule has 0 spiro atoms. The van der Waals surface area contributed by atoms with E-state index < -0.39 is 5.91 Å². The zero-order chi connectivity index (χ0) is 18.9. The van der Waals surface area contributed by atoms with Gasteiger partial charge in [0.15, 0.2) is 0 Å². The molecule has 0 atom stereocenters. The zero-order valence-corrected chi connectivity index (χ0v) is 14.4. The van der Waals surface area contributed by atoms with Crippen LogP contribution in [0.15, 0.2) is 47.6 Å². The summed E-state index contributed by atoms with van der Waals surface area (Å²) in [4.78, 5) is 23.7. The summed E-state index contributed by atoms with van der Waals surface area (Å²) < 4.78 is 0. The topological polar surface area (TPSA) is 111 Å². The van der Waals surface area contributed by atoms with Crippen LogP contribution in [0.3, 0.4) is 0 Å². The molecular formula is C19H21N3O4. The maximum absolute atomic E-state index is 12.0. The smallest absolute Gasteiger partial charge is 0.271 e. The van der Waals surface area contributed by atoms with Crippen LogP contribution in [0.25, 0.3) is 0 Å². The molecule has 0 bridgehead atoms. The van der Waals surface area contributed by atoms with E-state index in [-0.39, 0.29) is 17.4 Å². The highest BCUT2D eigenvalue weighted by molar-refractivity contribution is 5.96. The number of hydrogen-bond acceptors (Lipinski definition) is 5. The van der Waals surface area contributed by atoms with Gasteiger partial charge in [-0.3, -0.25) is 9.59 Å². The van der Waals surface area contributed by atoms with Crippen molar-refractivity contribution in [2.45, 2.75) is 26.2 Å². The van der Waals surface area contributed by atoms with E-state index in [0.717, 1.165) is 12.8 Å². The van der Waals surface area contributed by atoms with E-state index in [1.165, 1.54) is 24.4 Å². The molecule has 0 heterocycles. The van der Waals surface area contributed by atoms with Crippen molar-refractivity contribution in [1.82, 2.24) is 5.43 Å². The summed E-state index contributed by atoms with van der Waals surface area (Å²) in [6.45, 7) is 2.02. The number of carbonyl (C=O) groups is 2. The van der Waals surface area contributed by atoms with Crippen molar-refractivity contribution < 1.29 is 19.8 Å². The van der Waals surface area contributed by atoms with Gasteiger partial charge in [-0.2, -0.15) is 5.10 Å². The largest absolute Gasteiger partial charge is 0.508 e. The highest BCUT2D eigenvalue weighted by Crippen LogP contribution is 2.20. The fourth-order valence-electron chi connectivity index (χ4n) is 2.13. The minimum atomic E-state index is -0.427. The Hall–Kier alpha value is -3.35. The van der Waals surface area contributed by atoms with Crippen LogP contribution in [0, 0.1) is 0 Å². The number of hydrogen-bond donors (Lipinski definition) is 4. The maximum atomic E-state index is 12.0. The van der Waals surface area contributed by atoms with E-state index in [4.69, 9.17) is 0 Å². The lowest BCUT2D eigenvalue weighted by Crippen LogP contribution is -2.17. The number of nitrogens with zero attached hydrogens (tertiary/aromatic N) is 1. The van der Waals surface area contributed by atoms with Gasteiger partial charge in [-0.25, -0.2) is 5.43 Å². The number of unbranched alkanes of at least 4 members (excludes halogenated alkanes) is 1. The summed E-state index contributed by atoms with van der Waals surface area (Å²) in [5.74, 6) is -0.692. The average molecular weight is 355 g/mol. The van der Waals surface area contributed by atoms with Crippen LogP contribution in [-0.4, -0.2) is 28.2 Å². The minimum Gasteiger partial charge on any atom is -0.508 e. The van der Waals surface area contributed by atoms with Gasteiger partial charge in [0, 0.05) is 29.3 Å². The number of nitrogens with one attached hydrogen (secondary N) is 2. The van der Waals surface area contributed by atoms with Gasteiger partial charge in [0.2, 0.25) is 5.91 Å². The van der Waals surface area contributed by atoms with E-state index in [9.17, 15) is 19.8 Å². The van der Waals surface area contributed by atoms with Crippen LogP contribution in [0.5, 0.6) is 11.5 Å². The highest BCUT2D eigenvalue weighted by atomic mass is 16.3. The molecule has 7 nitrogen and oxygen atoms in total. The number of amides is 2. The first-order valence-electron chi connectivity index (χ1n) is 8.25. The third kappa shape index (κ3) is 5.62. The van der Waals surface area contributed by atoms with Gasteiger partial charge in [-0.1, -0.05) is 13.3 Å². The molecule has 0 aliphatic rings. The van der Waals surface area contributed by atoms with Crippen molar-refractivity contribution in [3.05, 3.63) is 53.6 Å². The van der Waals surface area contributed by atoms with E-state index in [1.807, 2.05) is 6.92 Å². The van der Waals surface area contributed by atoms with Crippen LogP contribution >= 0.6 is 0 Å². The summed E-state index contributed by atoms with van der Waals surface area (Å²) in [6, 6.07) is 10.5.